The van der Waals surface area contributed by atoms with Crippen LogP contribution < -0.4 is 0 Å². The Hall–Kier alpha value is -0.340. The third kappa shape index (κ3) is 0.767. The Bertz CT molecular complexity index is 261. The molecule has 0 radical (unpaired) electrons. The number of ether oxygens (including phenoxy) is 1. The van der Waals surface area contributed by atoms with E-state index in [1.807, 2.05) is 0 Å². The third-order valence-corrected chi connectivity index (χ3v) is 4.35. The average Bonchev–Trinajstić information content (AvgIpc) is 2.50. The molecule has 2 heteroatoms. The minimum atomic E-state index is 0.338. The molecular weight excluding hydrogens is 164 g/mol. The van der Waals surface area contributed by atoms with E-state index >= 15 is 0 Å². The molecule has 3 aliphatic rings. The van der Waals surface area contributed by atoms with Crippen molar-refractivity contribution in [2.45, 2.75) is 6.42 Å². The first kappa shape index (κ1) is 8.01. The second-order valence-corrected chi connectivity index (χ2v) is 4.80. The molecule has 0 aromatic carbocycles. The molecule has 2 fully saturated rings. The standard InChI is InChI=1S/C11H16O2/c1-13-6-11-3-2-7-4-8(5-12)10(11)9(7)11/h2-3,7-10,12H,4-6H2,1H3/t7-,8-,9?,10+,11+/m0/s1. The minimum Gasteiger partial charge on any atom is -0.396 e. The highest BCUT2D eigenvalue weighted by Crippen LogP contribution is 2.75. The minimum absolute atomic E-state index is 0.338. The maximum atomic E-state index is 9.24. The molecule has 3 rings (SSSR count). The van der Waals surface area contributed by atoms with Crippen LogP contribution in [0.2, 0.25) is 0 Å². The van der Waals surface area contributed by atoms with Gasteiger partial charge in [0.25, 0.3) is 0 Å². The van der Waals surface area contributed by atoms with Crippen molar-refractivity contribution in [2.75, 3.05) is 20.3 Å². The Morgan fingerprint density at radius 1 is 1.54 bits per heavy atom. The molecule has 0 spiro atoms. The topological polar surface area (TPSA) is 29.5 Å². The van der Waals surface area contributed by atoms with Gasteiger partial charge in [0.15, 0.2) is 0 Å². The van der Waals surface area contributed by atoms with Gasteiger partial charge in [-0.2, -0.15) is 0 Å². The van der Waals surface area contributed by atoms with Gasteiger partial charge in [-0.05, 0) is 30.1 Å². The quantitative estimate of drug-likeness (QED) is 0.658. The molecule has 0 aromatic rings. The lowest BCUT2D eigenvalue weighted by molar-refractivity contribution is 0.124. The number of fused-ring (bicyclic) bond motifs is 1. The van der Waals surface area contributed by atoms with Crippen molar-refractivity contribution in [1.29, 1.82) is 0 Å². The van der Waals surface area contributed by atoms with E-state index < -0.39 is 0 Å². The number of allylic oxidation sites excluding steroid dienone is 1. The maximum Gasteiger partial charge on any atom is 0.0559 e. The van der Waals surface area contributed by atoms with Crippen LogP contribution in [0.4, 0.5) is 0 Å². The largest absolute Gasteiger partial charge is 0.396 e. The zero-order valence-corrected chi connectivity index (χ0v) is 7.94. The lowest BCUT2D eigenvalue weighted by Crippen LogP contribution is -2.18. The normalized spacial score (nSPS) is 55.5. The van der Waals surface area contributed by atoms with E-state index in [2.05, 4.69) is 12.2 Å². The van der Waals surface area contributed by atoms with Crippen LogP contribution in [0.25, 0.3) is 0 Å². The van der Waals surface area contributed by atoms with Crippen LogP contribution in [-0.4, -0.2) is 25.4 Å². The van der Waals surface area contributed by atoms with Crippen LogP contribution >= 0.6 is 0 Å². The van der Waals surface area contributed by atoms with Gasteiger partial charge < -0.3 is 9.84 Å². The first-order chi connectivity index (χ1) is 6.33. The highest BCUT2D eigenvalue weighted by molar-refractivity contribution is 5.34. The summed E-state index contributed by atoms with van der Waals surface area (Å²) in [6, 6.07) is 0. The van der Waals surface area contributed by atoms with Gasteiger partial charge in [0.2, 0.25) is 0 Å². The molecule has 0 heterocycles. The van der Waals surface area contributed by atoms with Crippen molar-refractivity contribution in [3.8, 4) is 0 Å². The number of hydrogen-bond acceptors (Lipinski definition) is 2. The van der Waals surface area contributed by atoms with Crippen LogP contribution in [0, 0.1) is 29.1 Å². The van der Waals surface area contributed by atoms with Crippen LogP contribution in [-0.2, 0) is 4.74 Å². The lowest BCUT2D eigenvalue weighted by Gasteiger charge is -2.17. The SMILES string of the molecule is COC[C@@]12C=C[C@H]3C[C@@H](CO)[C@@H]1C32. The van der Waals surface area contributed by atoms with Gasteiger partial charge in [0.1, 0.15) is 0 Å². The van der Waals surface area contributed by atoms with Gasteiger partial charge in [0.05, 0.1) is 6.61 Å². The van der Waals surface area contributed by atoms with Crippen molar-refractivity contribution < 1.29 is 9.84 Å². The van der Waals surface area contributed by atoms with Crippen LogP contribution in [0.3, 0.4) is 0 Å². The summed E-state index contributed by atoms with van der Waals surface area (Å²) in [6.07, 6.45) is 5.90. The smallest absolute Gasteiger partial charge is 0.0559 e. The molecule has 1 unspecified atom stereocenters. The van der Waals surface area contributed by atoms with Gasteiger partial charge in [-0.25, -0.2) is 0 Å². The van der Waals surface area contributed by atoms with Crippen molar-refractivity contribution in [1.82, 2.24) is 0 Å². The highest BCUT2D eigenvalue weighted by Gasteiger charge is 2.73. The van der Waals surface area contributed by atoms with Crippen LogP contribution in [0.5, 0.6) is 0 Å². The average molecular weight is 180 g/mol. The van der Waals surface area contributed by atoms with Crippen molar-refractivity contribution >= 4 is 0 Å². The summed E-state index contributed by atoms with van der Waals surface area (Å²) in [5.74, 6) is 2.83. The van der Waals surface area contributed by atoms with Gasteiger partial charge in [-0.1, -0.05) is 12.2 Å². The van der Waals surface area contributed by atoms with E-state index in [0.29, 0.717) is 17.9 Å². The molecule has 0 bridgehead atoms. The summed E-state index contributed by atoms with van der Waals surface area (Å²) in [4.78, 5) is 0. The molecule has 0 aromatic heterocycles. The maximum absolute atomic E-state index is 9.24. The van der Waals surface area contributed by atoms with E-state index in [9.17, 15) is 5.11 Å². The number of rotatable bonds is 3. The molecule has 2 nitrogen and oxygen atoms in total. The summed E-state index contributed by atoms with van der Waals surface area (Å²) in [7, 11) is 1.78. The fourth-order valence-electron chi connectivity index (χ4n) is 3.96. The molecule has 2 saturated carbocycles. The Labute approximate surface area is 78.6 Å². The predicted molar refractivity (Wildman–Crippen MR) is 49.1 cm³/mol. The zero-order valence-electron chi connectivity index (χ0n) is 7.94. The van der Waals surface area contributed by atoms with Crippen LogP contribution in [0.15, 0.2) is 12.2 Å². The molecule has 3 aliphatic carbocycles. The van der Waals surface area contributed by atoms with Crippen molar-refractivity contribution in [2.24, 2.45) is 29.1 Å². The summed E-state index contributed by atoms with van der Waals surface area (Å²) in [6.45, 7) is 1.22. The van der Waals surface area contributed by atoms with Crippen molar-refractivity contribution in [3.63, 3.8) is 0 Å². The zero-order chi connectivity index (χ0) is 9.05. The first-order valence-electron chi connectivity index (χ1n) is 5.12. The molecule has 0 aliphatic heterocycles. The van der Waals surface area contributed by atoms with E-state index in [0.717, 1.165) is 24.4 Å². The van der Waals surface area contributed by atoms with Crippen LogP contribution in [0.1, 0.15) is 6.42 Å². The van der Waals surface area contributed by atoms with Crippen molar-refractivity contribution in [3.05, 3.63) is 12.2 Å². The first-order valence-corrected chi connectivity index (χ1v) is 5.12. The molecule has 13 heavy (non-hydrogen) atoms. The second-order valence-electron chi connectivity index (χ2n) is 4.80. The fourth-order valence-corrected chi connectivity index (χ4v) is 3.96. The molecule has 5 atom stereocenters. The van der Waals surface area contributed by atoms with Gasteiger partial charge in [-0.3, -0.25) is 0 Å². The Kier molecular flexibility index (Phi) is 1.46. The summed E-state index contributed by atoms with van der Waals surface area (Å²) in [5, 5.41) is 9.24. The van der Waals surface area contributed by atoms with Gasteiger partial charge >= 0.3 is 0 Å². The molecular formula is C11H16O2. The molecule has 0 amide bonds. The Morgan fingerprint density at radius 3 is 3.08 bits per heavy atom. The number of aliphatic hydroxyl groups is 1. The third-order valence-electron chi connectivity index (χ3n) is 4.35. The number of hydrogen-bond donors (Lipinski definition) is 1. The highest BCUT2D eigenvalue weighted by atomic mass is 16.5. The molecule has 0 saturated heterocycles. The fraction of sp³-hybridized carbons (Fsp3) is 0.818. The Morgan fingerprint density at radius 2 is 2.38 bits per heavy atom. The predicted octanol–water partition coefficient (Wildman–Crippen LogP) is 1.06. The second kappa shape index (κ2) is 2.37. The van der Waals surface area contributed by atoms with E-state index in [1.165, 1.54) is 6.42 Å². The summed E-state index contributed by atoms with van der Waals surface area (Å²) < 4.78 is 5.28. The summed E-state index contributed by atoms with van der Waals surface area (Å²) >= 11 is 0. The Balaban J connectivity index is 1.85. The molecule has 1 N–H and O–H groups in total. The summed E-state index contributed by atoms with van der Waals surface area (Å²) in [5.41, 5.74) is 0.338. The number of methoxy groups -OCH3 is 1. The van der Waals surface area contributed by atoms with E-state index in [4.69, 9.17) is 4.74 Å². The van der Waals surface area contributed by atoms with E-state index in [1.54, 1.807) is 7.11 Å². The van der Waals surface area contributed by atoms with Gasteiger partial charge in [0, 0.05) is 19.1 Å². The van der Waals surface area contributed by atoms with Gasteiger partial charge in [-0.15, -0.1) is 0 Å². The number of aliphatic hydroxyl groups excluding tert-OH is 1. The lowest BCUT2D eigenvalue weighted by atomic mass is 9.92. The molecule has 72 valence electrons. The monoisotopic (exact) mass is 180 g/mol. The van der Waals surface area contributed by atoms with E-state index in [-0.39, 0.29) is 0 Å².